The number of nitrogens with one attached hydrogen (secondary N) is 2. The van der Waals surface area contributed by atoms with Gasteiger partial charge in [0.25, 0.3) is 5.91 Å². The summed E-state index contributed by atoms with van der Waals surface area (Å²) in [7, 11) is 0. The topological polar surface area (TPSA) is 41.1 Å². The van der Waals surface area contributed by atoms with Gasteiger partial charge in [0.1, 0.15) is 5.82 Å². The summed E-state index contributed by atoms with van der Waals surface area (Å²) in [6.45, 7) is 0. The summed E-state index contributed by atoms with van der Waals surface area (Å²) in [5.41, 5.74) is 0.549. The minimum Gasteiger partial charge on any atom is -0.353 e. The lowest BCUT2D eigenvalue weighted by Crippen LogP contribution is -2.44. The first-order valence-corrected chi connectivity index (χ1v) is 8.34. The fraction of sp³-hybridized carbons (Fsp3) is 0.176. The molecule has 1 aliphatic rings. The average Bonchev–Trinajstić information content (AvgIpc) is 3.31. The van der Waals surface area contributed by atoms with Gasteiger partial charge in [-0.2, -0.15) is 0 Å². The van der Waals surface area contributed by atoms with Crippen LogP contribution in [0.25, 0.3) is 0 Å². The first kappa shape index (κ1) is 16.1. The zero-order valence-corrected chi connectivity index (χ0v) is 14.5. The molecule has 118 valence electrons. The van der Waals surface area contributed by atoms with Crippen LogP contribution >= 0.6 is 28.1 Å². The van der Waals surface area contributed by atoms with Crippen molar-refractivity contribution < 1.29 is 9.18 Å². The number of amides is 1. The molecule has 0 bridgehead atoms. The molecule has 6 heteroatoms. The lowest BCUT2D eigenvalue weighted by Gasteiger charge is -2.21. The highest BCUT2D eigenvalue weighted by Gasteiger charge is 2.47. The van der Waals surface area contributed by atoms with E-state index in [1.165, 1.54) is 6.07 Å². The van der Waals surface area contributed by atoms with Gasteiger partial charge in [0.05, 0.1) is 5.54 Å². The molecule has 3 nitrogen and oxygen atoms in total. The van der Waals surface area contributed by atoms with Gasteiger partial charge in [-0.1, -0.05) is 34.1 Å². The van der Waals surface area contributed by atoms with E-state index in [4.69, 9.17) is 12.2 Å². The van der Waals surface area contributed by atoms with Gasteiger partial charge in [0, 0.05) is 15.6 Å². The minimum absolute atomic E-state index is 0.204. The molecule has 0 heterocycles. The van der Waals surface area contributed by atoms with Crippen LogP contribution in [-0.2, 0) is 5.54 Å². The van der Waals surface area contributed by atoms with Crippen LogP contribution in [0.1, 0.15) is 28.8 Å². The van der Waals surface area contributed by atoms with Gasteiger partial charge in [-0.15, -0.1) is 0 Å². The fourth-order valence-electron chi connectivity index (χ4n) is 2.46. The van der Waals surface area contributed by atoms with E-state index < -0.39 is 5.54 Å². The number of benzene rings is 2. The third kappa shape index (κ3) is 3.59. The monoisotopic (exact) mass is 392 g/mol. The largest absolute Gasteiger partial charge is 0.353 e. The summed E-state index contributed by atoms with van der Waals surface area (Å²) < 4.78 is 14.9. The molecule has 2 aromatic carbocycles. The number of carbonyl (C=O) groups excluding carboxylic acids is 1. The Kier molecular flexibility index (Phi) is 4.46. The molecule has 2 aromatic rings. The van der Waals surface area contributed by atoms with Crippen molar-refractivity contribution in [3.05, 3.63) is 69.9 Å². The van der Waals surface area contributed by atoms with Crippen LogP contribution < -0.4 is 10.6 Å². The van der Waals surface area contributed by atoms with Gasteiger partial charge < -0.3 is 5.32 Å². The van der Waals surface area contributed by atoms with Crippen LogP contribution in [0.5, 0.6) is 0 Å². The first-order chi connectivity index (χ1) is 11.0. The zero-order valence-electron chi connectivity index (χ0n) is 12.1. The van der Waals surface area contributed by atoms with E-state index in [9.17, 15) is 9.18 Å². The molecule has 0 aliphatic heterocycles. The number of carbonyl (C=O) groups is 1. The van der Waals surface area contributed by atoms with Gasteiger partial charge >= 0.3 is 0 Å². The number of halogens is 2. The maximum Gasteiger partial charge on any atom is 0.257 e. The minimum atomic E-state index is -0.533. The zero-order chi connectivity index (χ0) is 16.4. The molecule has 3 rings (SSSR count). The highest BCUT2D eigenvalue weighted by atomic mass is 79.9. The molecular weight excluding hydrogens is 379 g/mol. The van der Waals surface area contributed by atoms with Gasteiger partial charge in [-0.05, 0) is 55.4 Å². The molecule has 2 N–H and O–H groups in total. The van der Waals surface area contributed by atoms with Gasteiger partial charge in [0.15, 0.2) is 5.11 Å². The Morgan fingerprint density at radius 3 is 2.52 bits per heavy atom. The number of rotatable bonds is 3. The molecule has 1 aliphatic carbocycles. The Hall–Kier alpha value is -1.79. The van der Waals surface area contributed by atoms with E-state index in [0.29, 0.717) is 11.1 Å². The molecule has 1 fully saturated rings. The standard InChI is InChI=1S/C17H14BrFN2OS/c18-12-6-7-14(19)13(10-12)17(8-9-17)21-16(23)20-15(22)11-4-2-1-3-5-11/h1-7,10H,8-9H2,(H2,20,21,22,23). The van der Waals surface area contributed by atoms with Crippen LogP contribution in [0.3, 0.4) is 0 Å². The van der Waals surface area contributed by atoms with Crippen molar-refractivity contribution in [2.24, 2.45) is 0 Å². The molecule has 23 heavy (non-hydrogen) atoms. The summed E-state index contributed by atoms with van der Waals surface area (Å²) >= 11 is 8.57. The fourth-order valence-corrected chi connectivity index (χ4v) is 3.11. The predicted octanol–water partition coefficient (Wildman–Crippen LogP) is 3.88. The lowest BCUT2D eigenvalue weighted by atomic mass is 10.0. The molecule has 1 saturated carbocycles. The van der Waals surface area contributed by atoms with Crippen molar-refractivity contribution in [2.45, 2.75) is 18.4 Å². The highest BCUT2D eigenvalue weighted by Crippen LogP contribution is 2.47. The van der Waals surface area contributed by atoms with Crippen LogP contribution in [0, 0.1) is 5.82 Å². The van der Waals surface area contributed by atoms with Crippen molar-refractivity contribution in [1.29, 1.82) is 0 Å². The number of thiocarbonyl (C=S) groups is 1. The lowest BCUT2D eigenvalue weighted by molar-refractivity contribution is 0.0976. The van der Waals surface area contributed by atoms with E-state index in [2.05, 4.69) is 26.6 Å². The van der Waals surface area contributed by atoms with Crippen LogP contribution in [0.2, 0.25) is 0 Å². The van der Waals surface area contributed by atoms with Gasteiger partial charge in [-0.3, -0.25) is 10.1 Å². The summed E-state index contributed by atoms with van der Waals surface area (Å²) in [4.78, 5) is 12.1. The second kappa shape index (κ2) is 6.37. The summed E-state index contributed by atoms with van der Waals surface area (Å²) in [6.07, 6.45) is 1.53. The highest BCUT2D eigenvalue weighted by molar-refractivity contribution is 9.10. The first-order valence-electron chi connectivity index (χ1n) is 7.14. The SMILES string of the molecule is O=C(NC(=S)NC1(c2cc(Br)ccc2F)CC1)c1ccccc1. The average molecular weight is 393 g/mol. The number of hydrogen-bond donors (Lipinski definition) is 2. The second-order valence-electron chi connectivity index (χ2n) is 5.48. The maximum absolute atomic E-state index is 14.1. The van der Waals surface area contributed by atoms with Crippen molar-refractivity contribution in [2.75, 3.05) is 0 Å². The molecule has 0 atom stereocenters. The third-order valence-corrected chi connectivity index (χ3v) is 4.51. The van der Waals surface area contributed by atoms with E-state index in [-0.39, 0.29) is 16.8 Å². The Balaban J connectivity index is 1.70. The normalized spacial score (nSPS) is 14.9. The number of hydrogen-bond acceptors (Lipinski definition) is 2. The second-order valence-corrected chi connectivity index (χ2v) is 6.80. The summed E-state index contributed by atoms with van der Waals surface area (Å²) in [5.74, 6) is -0.566. The molecular formula is C17H14BrFN2OS. The molecule has 1 amide bonds. The van der Waals surface area contributed by atoms with E-state index in [1.54, 1.807) is 36.4 Å². The third-order valence-electron chi connectivity index (χ3n) is 3.81. The van der Waals surface area contributed by atoms with E-state index in [0.717, 1.165) is 17.3 Å². The van der Waals surface area contributed by atoms with Crippen LogP contribution in [-0.4, -0.2) is 11.0 Å². The van der Waals surface area contributed by atoms with Crippen LogP contribution in [0.15, 0.2) is 53.0 Å². The van der Waals surface area contributed by atoms with Crippen molar-refractivity contribution in [3.8, 4) is 0 Å². The Bertz CT molecular complexity index is 762. The van der Waals surface area contributed by atoms with Gasteiger partial charge in [0.2, 0.25) is 0 Å². The maximum atomic E-state index is 14.1. The van der Waals surface area contributed by atoms with Crippen molar-refractivity contribution >= 4 is 39.2 Å². The van der Waals surface area contributed by atoms with Crippen molar-refractivity contribution in [3.63, 3.8) is 0 Å². The Morgan fingerprint density at radius 1 is 1.17 bits per heavy atom. The van der Waals surface area contributed by atoms with E-state index >= 15 is 0 Å². The summed E-state index contributed by atoms with van der Waals surface area (Å²) in [6, 6.07) is 13.6. The molecule has 0 radical (unpaired) electrons. The quantitative estimate of drug-likeness (QED) is 0.778. The summed E-state index contributed by atoms with van der Waals surface area (Å²) in [5, 5.41) is 5.94. The van der Waals surface area contributed by atoms with Gasteiger partial charge in [-0.25, -0.2) is 4.39 Å². The van der Waals surface area contributed by atoms with E-state index in [1.807, 2.05) is 6.07 Å². The Labute approximate surface area is 147 Å². The smallest absolute Gasteiger partial charge is 0.257 e. The Morgan fingerprint density at radius 2 is 1.87 bits per heavy atom. The van der Waals surface area contributed by atoms with Crippen molar-refractivity contribution in [1.82, 2.24) is 10.6 Å². The molecule has 0 saturated heterocycles. The van der Waals surface area contributed by atoms with Crippen LogP contribution in [0.4, 0.5) is 4.39 Å². The molecule has 0 unspecified atom stereocenters. The molecule has 0 aromatic heterocycles. The predicted molar refractivity (Wildman–Crippen MR) is 94.7 cm³/mol. The molecule has 0 spiro atoms.